The minimum atomic E-state index is -0.482. The molecule has 1 aliphatic rings. The highest BCUT2D eigenvalue weighted by atomic mass is 35.5. The first kappa shape index (κ1) is 12.9. The van der Waals surface area contributed by atoms with Gasteiger partial charge in [-0.05, 0) is 31.5 Å². The molecule has 18 heavy (non-hydrogen) atoms. The number of hydrogen-bond acceptors (Lipinski definition) is 2. The van der Waals surface area contributed by atoms with Gasteiger partial charge < -0.3 is 10.6 Å². The zero-order valence-electron chi connectivity index (χ0n) is 10.7. The van der Waals surface area contributed by atoms with Crippen LogP contribution in [0.1, 0.15) is 19.4 Å². The highest BCUT2D eigenvalue weighted by Gasteiger charge is 2.42. The number of aliphatic imine (C=N–C) groups is 1. The van der Waals surface area contributed by atoms with E-state index in [4.69, 9.17) is 17.3 Å². The Morgan fingerprint density at radius 1 is 1.50 bits per heavy atom. The molecule has 0 bridgehead atoms. The van der Waals surface area contributed by atoms with E-state index in [1.54, 1.807) is 11.9 Å². The van der Waals surface area contributed by atoms with E-state index >= 15 is 0 Å². The summed E-state index contributed by atoms with van der Waals surface area (Å²) < 4.78 is 0. The lowest BCUT2D eigenvalue weighted by Crippen LogP contribution is -2.33. The third-order valence-electron chi connectivity index (χ3n) is 3.26. The fourth-order valence-corrected chi connectivity index (χ4v) is 2.29. The van der Waals surface area contributed by atoms with Gasteiger partial charge in [0.1, 0.15) is 5.84 Å². The van der Waals surface area contributed by atoms with Crippen molar-refractivity contribution in [2.45, 2.75) is 19.3 Å². The van der Waals surface area contributed by atoms with Crippen molar-refractivity contribution in [2.24, 2.45) is 10.7 Å². The van der Waals surface area contributed by atoms with Gasteiger partial charge in [0.25, 0.3) is 0 Å². The lowest BCUT2D eigenvalue weighted by atomic mass is 9.86. The Labute approximate surface area is 111 Å². The second-order valence-electron chi connectivity index (χ2n) is 4.93. The van der Waals surface area contributed by atoms with Crippen LogP contribution in [0.4, 0.5) is 11.4 Å². The average molecular weight is 266 g/mol. The quantitative estimate of drug-likeness (QED) is 0.506. The molecule has 2 rings (SSSR count). The van der Waals surface area contributed by atoms with Gasteiger partial charge in [0.15, 0.2) is 0 Å². The molecule has 1 aromatic carbocycles. The number of nitrogens with two attached hydrogens (primary N) is 1. The van der Waals surface area contributed by atoms with E-state index < -0.39 is 5.41 Å². The fourth-order valence-electron chi connectivity index (χ4n) is 2.24. The number of nitrogens with zero attached hydrogens (tertiary/aromatic N) is 2. The van der Waals surface area contributed by atoms with Crippen LogP contribution in [-0.2, 0) is 10.2 Å². The van der Waals surface area contributed by atoms with Crippen molar-refractivity contribution >= 4 is 34.7 Å². The van der Waals surface area contributed by atoms with Crippen LogP contribution in [0, 0.1) is 0 Å². The van der Waals surface area contributed by atoms with E-state index in [-0.39, 0.29) is 11.8 Å². The summed E-state index contributed by atoms with van der Waals surface area (Å²) in [6, 6.07) is 5.64. The molecule has 2 N–H and O–H groups in total. The molecule has 0 unspecified atom stereocenters. The number of alkyl halides is 1. The molecule has 0 saturated heterocycles. The third kappa shape index (κ3) is 1.86. The van der Waals surface area contributed by atoms with Crippen molar-refractivity contribution in [3.63, 3.8) is 0 Å². The van der Waals surface area contributed by atoms with Gasteiger partial charge in [0.2, 0.25) is 5.91 Å². The van der Waals surface area contributed by atoms with E-state index in [2.05, 4.69) is 4.99 Å². The summed E-state index contributed by atoms with van der Waals surface area (Å²) in [5, 5.41) is 0. The molecular formula is C13H16ClN3O. The maximum atomic E-state index is 12.1. The fraction of sp³-hybridized carbons (Fsp3) is 0.385. The molecule has 1 amide bonds. The number of fused-ring (bicyclic) bond motifs is 1. The number of carbonyl (C=O) groups is 1. The Hall–Kier alpha value is -1.55. The maximum Gasteiger partial charge on any atom is 0.236 e. The SMILES string of the molecule is CN1C(=O)C(C)(C)c2ccc(N=C(N)CCl)cc21. The zero-order valence-corrected chi connectivity index (χ0v) is 11.5. The van der Waals surface area contributed by atoms with Crippen LogP contribution in [0.5, 0.6) is 0 Å². The van der Waals surface area contributed by atoms with Gasteiger partial charge in [-0.1, -0.05) is 6.07 Å². The Bertz CT molecular complexity index is 537. The van der Waals surface area contributed by atoms with Gasteiger partial charge in [-0.15, -0.1) is 11.6 Å². The molecule has 4 nitrogen and oxygen atoms in total. The van der Waals surface area contributed by atoms with E-state index in [1.165, 1.54) is 0 Å². The molecule has 1 aromatic rings. The van der Waals surface area contributed by atoms with E-state index in [9.17, 15) is 4.79 Å². The first-order chi connectivity index (χ1) is 8.37. The molecule has 0 aliphatic carbocycles. The lowest BCUT2D eigenvalue weighted by molar-refractivity contribution is -0.121. The van der Waals surface area contributed by atoms with Gasteiger partial charge in [-0.3, -0.25) is 4.79 Å². The van der Waals surface area contributed by atoms with Crippen LogP contribution in [0.15, 0.2) is 23.2 Å². The summed E-state index contributed by atoms with van der Waals surface area (Å²) in [6.07, 6.45) is 0. The number of hydrogen-bond donors (Lipinski definition) is 1. The molecule has 0 saturated carbocycles. The smallest absolute Gasteiger partial charge is 0.236 e. The maximum absolute atomic E-state index is 12.1. The Morgan fingerprint density at radius 3 is 2.78 bits per heavy atom. The number of benzene rings is 1. The minimum Gasteiger partial charge on any atom is -0.386 e. The van der Waals surface area contributed by atoms with E-state index in [1.807, 2.05) is 32.0 Å². The van der Waals surface area contributed by atoms with Crippen molar-refractivity contribution in [3.8, 4) is 0 Å². The lowest BCUT2D eigenvalue weighted by Gasteiger charge is -2.16. The van der Waals surface area contributed by atoms with Crippen molar-refractivity contribution in [2.75, 3.05) is 17.8 Å². The van der Waals surface area contributed by atoms with E-state index in [0.717, 1.165) is 11.3 Å². The molecule has 5 heteroatoms. The molecule has 0 fully saturated rings. The van der Waals surface area contributed by atoms with Crippen molar-refractivity contribution in [3.05, 3.63) is 23.8 Å². The Kier molecular flexibility index (Phi) is 3.07. The summed E-state index contributed by atoms with van der Waals surface area (Å²) in [5.41, 5.74) is 7.73. The van der Waals surface area contributed by atoms with Gasteiger partial charge in [0, 0.05) is 12.7 Å². The number of carbonyl (C=O) groups excluding carboxylic acids is 1. The van der Waals surface area contributed by atoms with Crippen LogP contribution < -0.4 is 10.6 Å². The summed E-state index contributed by atoms with van der Waals surface area (Å²) in [5.74, 6) is 0.643. The highest BCUT2D eigenvalue weighted by Crippen LogP contribution is 2.42. The van der Waals surface area contributed by atoms with Crippen LogP contribution in [0.25, 0.3) is 0 Å². The standard InChI is InChI=1S/C13H16ClN3O/c1-13(2)9-5-4-8(16-11(15)7-14)6-10(9)17(3)12(13)18/h4-6H,7H2,1-3H3,(H2,15,16). The first-order valence-corrected chi connectivity index (χ1v) is 6.23. The predicted molar refractivity (Wildman–Crippen MR) is 74.9 cm³/mol. The summed E-state index contributed by atoms with van der Waals surface area (Å²) >= 11 is 5.60. The number of anilines is 1. The summed E-state index contributed by atoms with van der Waals surface area (Å²) in [6.45, 7) is 3.85. The Morgan fingerprint density at radius 2 is 2.17 bits per heavy atom. The molecule has 0 atom stereocenters. The first-order valence-electron chi connectivity index (χ1n) is 5.69. The number of halogens is 1. The number of likely N-dealkylation sites (N-methyl/N-ethyl adjacent to an activating group) is 1. The van der Waals surface area contributed by atoms with Crippen molar-refractivity contribution < 1.29 is 4.79 Å². The Balaban J connectivity index is 2.50. The predicted octanol–water partition coefficient (Wildman–Crippen LogP) is 2.17. The van der Waals surface area contributed by atoms with Crippen molar-refractivity contribution in [1.29, 1.82) is 0 Å². The largest absolute Gasteiger partial charge is 0.386 e. The average Bonchev–Trinajstić information content (AvgIpc) is 2.51. The second kappa shape index (κ2) is 4.28. The molecule has 0 spiro atoms. The number of amidine groups is 1. The zero-order chi connectivity index (χ0) is 13.5. The topological polar surface area (TPSA) is 58.7 Å². The van der Waals surface area contributed by atoms with Crippen LogP contribution in [-0.4, -0.2) is 24.7 Å². The minimum absolute atomic E-state index is 0.0870. The highest BCUT2D eigenvalue weighted by molar-refractivity contribution is 6.28. The molecule has 1 aliphatic heterocycles. The van der Waals surface area contributed by atoms with Crippen LogP contribution in [0.3, 0.4) is 0 Å². The van der Waals surface area contributed by atoms with Gasteiger partial charge in [-0.2, -0.15) is 0 Å². The number of rotatable bonds is 2. The summed E-state index contributed by atoms with van der Waals surface area (Å²) in [4.78, 5) is 18.0. The van der Waals surface area contributed by atoms with Crippen LogP contribution in [0.2, 0.25) is 0 Å². The molecule has 0 aromatic heterocycles. The summed E-state index contributed by atoms with van der Waals surface area (Å²) in [7, 11) is 1.77. The van der Waals surface area contributed by atoms with Crippen LogP contribution >= 0.6 is 11.6 Å². The normalized spacial score (nSPS) is 18.1. The van der Waals surface area contributed by atoms with E-state index in [0.29, 0.717) is 11.5 Å². The molecular weight excluding hydrogens is 250 g/mol. The molecule has 1 heterocycles. The molecule has 96 valence electrons. The van der Waals surface area contributed by atoms with Gasteiger partial charge >= 0.3 is 0 Å². The molecule has 0 radical (unpaired) electrons. The number of amides is 1. The van der Waals surface area contributed by atoms with Gasteiger partial charge in [0.05, 0.1) is 17.0 Å². The van der Waals surface area contributed by atoms with Crippen molar-refractivity contribution in [1.82, 2.24) is 0 Å². The second-order valence-corrected chi connectivity index (χ2v) is 5.19. The van der Waals surface area contributed by atoms with Gasteiger partial charge in [-0.25, -0.2) is 4.99 Å². The monoisotopic (exact) mass is 265 g/mol. The third-order valence-corrected chi connectivity index (χ3v) is 3.54.